The number of hydrogen-bond donors (Lipinski definition) is 2. The minimum absolute atomic E-state index is 0.0809. The van der Waals surface area contributed by atoms with E-state index >= 15 is 0 Å². The van der Waals surface area contributed by atoms with E-state index in [1.54, 1.807) is 29.1 Å². The van der Waals surface area contributed by atoms with Crippen LogP contribution in [0.2, 0.25) is 0 Å². The van der Waals surface area contributed by atoms with Gasteiger partial charge in [0.05, 0.1) is 25.7 Å². The first kappa shape index (κ1) is 14.2. The summed E-state index contributed by atoms with van der Waals surface area (Å²) in [6.45, 7) is 1.44. The number of nitrogens with zero attached hydrogens (tertiary/aromatic N) is 6. The highest BCUT2D eigenvalue weighted by Crippen LogP contribution is 2.33. The summed E-state index contributed by atoms with van der Waals surface area (Å²) in [4.78, 5) is 19.1. The second-order valence-corrected chi connectivity index (χ2v) is 6.18. The van der Waals surface area contributed by atoms with Crippen molar-refractivity contribution in [2.75, 3.05) is 23.8 Å². The summed E-state index contributed by atoms with van der Waals surface area (Å²) in [5.74, 6) is 1.75. The van der Waals surface area contributed by atoms with Crippen molar-refractivity contribution < 1.29 is 5.11 Å². The number of aliphatic hydroxyl groups excluding tert-OH is 1. The molecule has 1 aliphatic rings. The van der Waals surface area contributed by atoms with E-state index in [1.165, 1.54) is 0 Å². The molecule has 23 heavy (non-hydrogen) atoms. The summed E-state index contributed by atoms with van der Waals surface area (Å²) >= 11 is 1.79. The highest BCUT2D eigenvalue weighted by atomic mass is 32.2. The van der Waals surface area contributed by atoms with E-state index in [1.807, 2.05) is 12.4 Å². The molecule has 0 saturated carbocycles. The molecule has 3 aromatic heterocycles. The van der Waals surface area contributed by atoms with Gasteiger partial charge >= 0.3 is 0 Å². The molecule has 0 amide bonds. The second kappa shape index (κ2) is 6.01. The quantitative estimate of drug-likeness (QED) is 0.740. The van der Waals surface area contributed by atoms with Crippen molar-refractivity contribution >= 4 is 33.6 Å². The largest absolute Gasteiger partial charge is 0.394 e. The van der Waals surface area contributed by atoms with Crippen LogP contribution in [-0.2, 0) is 6.54 Å². The Bertz CT molecular complexity index is 856. The Morgan fingerprint density at radius 1 is 1.30 bits per heavy atom. The average Bonchev–Trinajstić information content (AvgIpc) is 3.24. The molecule has 0 saturated heterocycles. The number of hydrogen-bond acceptors (Lipinski definition) is 7. The van der Waals surface area contributed by atoms with Gasteiger partial charge in [-0.25, -0.2) is 15.0 Å². The van der Waals surface area contributed by atoms with Gasteiger partial charge in [0, 0.05) is 35.2 Å². The van der Waals surface area contributed by atoms with E-state index in [9.17, 15) is 0 Å². The van der Waals surface area contributed by atoms with E-state index in [4.69, 9.17) is 5.11 Å². The average molecular weight is 329 g/mol. The molecule has 2 N–H and O–H groups in total. The van der Waals surface area contributed by atoms with Crippen molar-refractivity contribution in [3.63, 3.8) is 0 Å². The van der Waals surface area contributed by atoms with Crippen molar-refractivity contribution in [3.8, 4) is 0 Å². The molecule has 0 aliphatic carbocycles. The summed E-state index contributed by atoms with van der Waals surface area (Å²) in [6, 6.07) is 0. The van der Waals surface area contributed by atoms with Crippen LogP contribution < -0.4 is 4.90 Å². The third-order valence-corrected chi connectivity index (χ3v) is 4.62. The Kier molecular flexibility index (Phi) is 3.72. The van der Waals surface area contributed by atoms with Crippen LogP contribution in [-0.4, -0.2) is 53.7 Å². The number of imidazole rings is 1. The predicted octanol–water partition coefficient (Wildman–Crippen LogP) is 1.09. The van der Waals surface area contributed by atoms with Gasteiger partial charge in [-0.05, 0) is 0 Å². The zero-order chi connectivity index (χ0) is 15.6. The highest BCUT2D eigenvalue weighted by molar-refractivity contribution is 8.08. The predicted molar refractivity (Wildman–Crippen MR) is 88.8 cm³/mol. The molecule has 9 heteroatoms. The van der Waals surface area contributed by atoms with Crippen LogP contribution in [0.15, 0.2) is 31.2 Å². The normalized spacial score (nSPS) is 15.2. The minimum atomic E-state index is 0.0809. The number of thioether (sulfide) groups is 1. The summed E-state index contributed by atoms with van der Waals surface area (Å²) in [6.07, 6.45) is 9.02. The number of aromatic amines is 1. The molecule has 1 aliphatic heterocycles. The number of aliphatic hydroxyl groups is 1. The second-order valence-electron chi connectivity index (χ2n) is 5.05. The molecule has 0 aromatic carbocycles. The first-order chi connectivity index (χ1) is 11.3. The summed E-state index contributed by atoms with van der Waals surface area (Å²) in [7, 11) is 0. The van der Waals surface area contributed by atoms with Gasteiger partial charge in [-0.1, -0.05) is 0 Å². The van der Waals surface area contributed by atoms with E-state index in [-0.39, 0.29) is 6.61 Å². The van der Waals surface area contributed by atoms with Crippen LogP contribution in [0.25, 0.3) is 16.1 Å². The van der Waals surface area contributed by atoms with Gasteiger partial charge in [-0.2, -0.15) is 5.10 Å². The zero-order valence-corrected chi connectivity index (χ0v) is 13.1. The van der Waals surface area contributed by atoms with Gasteiger partial charge in [0.1, 0.15) is 6.33 Å². The summed E-state index contributed by atoms with van der Waals surface area (Å²) in [5, 5.41) is 13.3. The molecule has 0 radical (unpaired) electrons. The van der Waals surface area contributed by atoms with E-state index in [0.717, 1.165) is 39.7 Å². The first-order valence-electron chi connectivity index (χ1n) is 7.24. The van der Waals surface area contributed by atoms with Gasteiger partial charge in [0.15, 0.2) is 17.0 Å². The standard InChI is InChI=1S/C14H15N7OS/c22-3-1-21-6-10(5-19-21)11-7-20(2-4-23-11)14-12-13(16-8-15-12)17-9-18-14/h5-9,22H,1-4H2,(H,15,16,17,18). The minimum Gasteiger partial charge on any atom is -0.394 e. The third kappa shape index (κ3) is 2.68. The Morgan fingerprint density at radius 3 is 3.17 bits per heavy atom. The summed E-state index contributed by atoms with van der Waals surface area (Å²) < 4.78 is 1.74. The number of H-pyrrole nitrogens is 1. The maximum absolute atomic E-state index is 9.00. The maximum Gasteiger partial charge on any atom is 0.164 e. The lowest BCUT2D eigenvalue weighted by Gasteiger charge is -2.25. The molecule has 4 rings (SSSR count). The van der Waals surface area contributed by atoms with Crippen molar-refractivity contribution in [2.24, 2.45) is 0 Å². The Labute approximate surface area is 136 Å². The van der Waals surface area contributed by atoms with Crippen LogP contribution in [0, 0.1) is 0 Å². The molecule has 118 valence electrons. The first-order valence-corrected chi connectivity index (χ1v) is 8.23. The fourth-order valence-electron chi connectivity index (χ4n) is 2.50. The van der Waals surface area contributed by atoms with Crippen molar-refractivity contribution in [1.82, 2.24) is 29.7 Å². The number of nitrogens with one attached hydrogen (secondary N) is 1. The summed E-state index contributed by atoms with van der Waals surface area (Å²) in [5.41, 5.74) is 2.55. The topological polar surface area (TPSA) is 95.8 Å². The van der Waals surface area contributed by atoms with Crippen molar-refractivity contribution in [2.45, 2.75) is 6.54 Å². The number of aromatic nitrogens is 6. The Morgan fingerprint density at radius 2 is 2.26 bits per heavy atom. The molecule has 0 spiro atoms. The lowest BCUT2D eigenvalue weighted by molar-refractivity contribution is 0.269. The SMILES string of the molecule is OCCn1cc(C2=CN(c3ncnc4[nH]cnc34)CCS2)cn1. The molecule has 3 aromatic rings. The highest BCUT2D eigenvalue weighted by Gasteiger charge is 2.19. The molecule has 8 nitrogen and oxygen atoms in total. The van der Waals surface area contributed by atoms with Crippen LogP contribution in [0.4, 0.5) is 5.82 Å². The molecule has 4 heterocycles. The van der Waals surface area contributed by atoms with E-state index in [2.05, 4.69) is 36.1 Å². The molecule has 0 atom stereocenters. The van der Waals surface area contributed by atoms with Crippen LogP contribution in [0.5, 0.6) is 0 Å². The number of fused-ring (bicyclic) bond motifs is 1. The number of rotatable bonds is 4. The van der Waals surface area contributed by atoms with E-state index in [0.29, 0.717) is 6.54 Å². The van der Waals surface area contributed by atoms with Gasteiger partial charge in [-0.3, -0.25) is 4.68 Å². The molecule has 0 bridgehead atoms. The monoisotopic (exact) mass is 329 g/mol. The van der Waals surface area contributed by atoms with Gasteiger partial charge in [0.2, 0.25) is 0 Å². The smallest absolute Gasteiger partial charge is 0.164 e. The maximum atomic E-state index is 9.00. The molecule has 0 unspecified atom stereocenters. The van der Waals surface area contributed by atoms with Crippen molar-refractivity contribution in [3.05, 3.63) is 36.8 Å². The third-order valence-electron chi connectivity index (χ3n) is 3.58. The fourth-order valence-corrected chi connectivity index (χ4v) is 3.48. The Hall–Kier alpha value is -2.39. The molecular formula is C14H15N7OS. The lowest BCUT2D eigenvalue weighted by Crippen LogP contribution is -2.24. The van der Waals surface area contributed by atoms with Crippen molar-refractivity contribution in [1.29, 1.82) is 0 Å². The fraction of sp³-hybridized carbons (Fsp3) is 0.286. The zero-order valence-electron chi connectivity index (χ0n) is 12.3. The van der Waals surface area contributed by atoms with Crippen LogP contribution >= 0.6 is 11.8 Å². The lowest BCUT2D eigenvalue weighted by atomic mass is 10.3. The number of anilines is 1. The Balaban J connectivity index is 1.68. The van der Waals surface area contributed by atoms with Gasteiger partial charge < -0.3 is 15.0 Å². The van der Waals surface area contributed by atoms with Crippen LogP contribution in [0.1, 0.15) is 5.56 Å². The molecule has 0 fully saturated rings. The van der Waals surface area contributed by atoms with Gasteiger partial charge in [-0.15, -0.1) is 11.8 Å². The molecular weight excluding hydrogens is 314 g/mol. The van der Waals surface area contributed by atoms with E-state index < -0.39 is 0 Å². The van der Waals surface area contributed by atoms with Gasteiger partial charge in [0.25, 0.3) is 0 Å². The van der Waals surface area contributed by atoms with Crippen LogP contribution in [0.3, 0.4) is 0 Å².